The summed E-state index contributed by atoms with van der Waals surface area (Å²) < 4.78 is 0. The highest BCUT2D eigenvalue weighted by Crippen LogP contribution is 2.31. The average Bonchev–Trinajstić information content (AvgIpc) is 2.56. The fourth-order valence-electron chi connectivity index (χ4n) is 3.45. The molecular formula is C22H26. The highest BCUT2D eigenvalue weighted by atomic mass is 14.1. The highest BCUT2D eigenvalue weighted by molar-refractivity contribution is 5.99. The molecule has 0 spiro atoms. The Morgan fingerprint density at radius 3 is 2.27 bits per heavy atom. The predicted octanol–water partition coefficient (Wildman–Crippen LogP) is 7.07. The largest absolute Gasteiger partial charge is 0.0654 e. The van der Waals surface area contributed by atoms with E-state index in [0.29, 0.717) is 5.92 Å². The van der Waals surface area contributed by atoms with Crippen molar-refractivity contribution in [2.75, 3.05) is 0 Å². The molecule has 3 aromatic rings. The molecule has 0 saturated heterocycles. The van der Waals surface area contributed by atoms with Gasteiger partial charge in [0.15, 0.2) is 0 Å². The molecule has 0 bridgehead atoms. The van der Waals surface area contributed by atoms with E-state index in [4.69, 9.17) is 0 Å². The number of rotatable bonds is 6. The normalized spacial score (nSPS) is 12.8. The number of fused-ring (bicyclic) bond motifs is 2. The molecule has 1 atom stereocenters. The molecule has 0 N–H and O–H groups in total. The standard InChI is InChI=1S/C22H26/c1-3-4-5-6-10-17(2)21-14-9-13-20-15-18-11-7-8-12-19(18)16-22(20)21/h7-9,11-17H,3-6,10H2,1-2H3. The molecule has 0 aromatic heterocycles. The molecule has 0 heteroatoms. The smallest absolute Gasteiger partial charge is 0.0143 e. The molecule has 1 unspecified atom stereocenters. The van der Waals surface area contributed by atoms with E-state index in [9.17, 15) is 0 Å². The van der Waals surface area contributed by atoms with Gasteiger partial charge in [-0.3, -0.25) is 0 Å². The van der Waals surface area contributed by atoms with Gasteiger partial charge in [-0.15, -0.1) is 0 Å². The number of unbranched alkanes of at least 4 members (excludes halogenated alkanes) is 3. The molecule has 22 heavy (non-hydrogen) atoms. The molecule has 0 amide bonds. The Morgan fingerprint density at radius 2 is 1.50 bits per heavy atom. The van der Waals surface area contributed by atoms with E-state index in [2.05, 4.69) is 68.4 Å². The van der Waals surface area contributed by atoms with Gasteiger partial charge >= 0.3 is 0 Å². The third kappa shape index (κ3) is 3.16. The lowest BCUT2D eigenvalue weighted by atomic mass is 9.89. The van der Waals surface area contributed by atoms with Gasteiger partial charge in [0.1, 0.15) is 0 Å². The molecule has 3 aromatic carbocycles. The van der Waals surface area contributed by atoms with Gasteiger partial charge in [-0.05, 0) is 51.6 Å². The average molecular weight is 290 g/mol. The van der Waals surface area contributed by atoms with Crippen molar-refractivity contribution in [3.05, 3.63) is 60.2 Å². The van der Waals surface area contributed by atoms with Crippen LogP contribution in [0.4, 0.5) is 0 Å². The second kappa shape index (κ2) is 6.96. The van der Waals surface area contributed by atoms with Crippen LogP contribution in [0, 0.1) is 0 Å². The van der Waals surface area contributed by atoms with E-state index in [0.717, 1.165) is 0 Å². The summed E-state index contributed by atoms with van der Waals surface area (Å²) in [4.78, 5) is 0. The van der Waals surface area contributed by atoms with Gasteiger partial charge in [0.25, 0.3) is 0 Å². The summed E-state index contributed by atoms with van der Waals surface area (Å²) in [5.74, 6) is 0.640. The summed E-state index contributed by atoms with van der Waals surface area (Å²) in [6, 6.07) is 20.2. The third-order valence-electron chi connectivity index (χ3n) is 4.80. The molecular weight excluding hydrogens is 264 g/mol. The van der Waals surface area contributed by atoms with Gasteiger partial charge in [-0.2, -0.15) is 0 Å². The number of hydrogen-bond donors (Lipinski definition) is 0. The molecule has 0 fully saturated rings. The van der Waals surface area contributed by atoms with E-state index in [1.165, 1.54) is 59.2 Å². The molecule has 0 nitrogen and oxygen atoms in total. The maximum Gasteiger partial charge on any atom is -0.0143 e. The van der Waals surface area contributed by atoms with Crippen LogP contribution in [-0.4, -0.2) is 0 Å². The first kappa shape index (κ1) is 15.1. The Morgan fingerprint density at radius 1 is 0.773 bits per heavy atom. The first-order valence-corrected chi connectivity index (χ1v) is 8.71. The van der Waals surface area contributed by atoms with Crippen LogP contribution < -0.4 is 0 Å². The highest BCUT2D eigenvalue weighted by Gasteiger charge is 2.10. The van der Waals surface area contributed by atoms with Gasteiger partial charge in [-0.1, -0.05) is 82.0 Å². The summed E-state index contributed by atoms with van der Waals surface area (Å²) >= 11 is 0. The molecule has 0 radical (unpaired) electrons. The van der Waals surface area contributed by atoms with Crippen molar-refractivity contribution in [1.82, 2.24) is 0 Å². The van der Waals surface area contributed by atoms with E-state index in [1.807, 2.05) is 0 Å². The number of benzene rings is 3. The number of hydrogen-bond acceptors (Lipinski definition) is 0. The lowest BCUT2D eigenvalue weighted by Crippen LogP contribution is -1.95. The predicted molar refractivity (Wildman–Crippen MR) is 98.6 cm³/mol. The van der Waals surface area contributed by atoms with Crippen LogP contribution in [-0.2, 0) is 0 Å². The van der Waals surface area contributed by atoms with Crippen LogP contribution in [0.2, 0.25) is 0 Å². The van der Waals surface area contributed by atoms with Gasteiger partial charge in [-0.25, -0.2) is 0 Å². The quantitative estimate of drug-likeness (QED) is 0.336. The summed E-state index contributed by atoms with van der Waals surface area (Å²) in [6.45, 7) is 4.66. The van der Waals surface area contributed by atoms with Crippen LogP contribution >= 0.6 is 0 Å². The van der Waals surface area contributed by atoms with E-state index in [-0.39, 0.29) is 0 Å². The monoisotopic (exact) mass is 290 g/mol. The molecule has 3 rings (SSSR count). The molecule has 0 aliphatic carbocycles. The SMILES string of the molecule is CCCCCCC(C)c1cccc2cc3ccccc3cc12. The van der Waals surface area contributed by atoms with Crippen LogP contribution in [0.15, 0.2) is 54.6 Å². The summed E-state index contributed by atoms with van der Waals surface area (Å²) in [7, 11) is 0. The van der Waals surface area contributed by atoms with Crippen molar-refractivity contribution in [1.29, 1.82) is 0 Å². The second-order valence-corrected chi connectivity index (χ2v) is 6.52. The Hall–Kier alpha value is -1.82. The third-order valence-corrected chi connectivity index (χ3v) is 4.80. The van der Waals surface area contributed by atoms with Gasteiger partial charge in [0.2, 0.25) is 0 Å². The van der Waals surface area contributed by atoms with Crippen LogP contribution in [0.5, 0.6) is 0 Å². The van der Waals surface area contributed by atoms with Crippen molar-refractivity contribution < 1.29 is 0 Å². The lowest BCUT2D eigenvalue weighted by Gasteiger charge is -2.15. The van der Waals surface area contributed by atoms with Gasteiger partial charge < -0.3 is 0 Å². The van der Waals surface area contributed by atoms with Crippen molar-refractivity contribution in [3.8, 4) is 0 Å². The zero-order chi connectivity index (χ0) is 15.4. The molecule has 0 aliphatic rings. The van der Waals surface area contributed by atoms with E-state index in [1.54, 1.807) is 0 Å². The van der Waals surface area contributed by atoms with Crippen LogP contribution in [0.1, 0.15) is 57.4 Å². The maximum absolute atomic E-state index is 2.38. The van der Waals surface area contributed by atoms with E-state index < -0.39 is 0 Å². The van der Waals surface area contributed by atoms with Crippen LogP contribution in [0.3, 0.4) is 0 Å². The van der Waals surface area contributed by atoms with Crippen molar-refractivity contribution >= 4 is 21.5 Å². The second-order valence-electron chi connectivity index (χ2n) is 6.52. The Balaban J connectivity index is 1.93. The fourth-order valence-corrected chi connectivity index (χ4v) is 3.45. The zero-order valence-electron chi connectivity index (χ0n) is 13.8. The molecule has 0 heterocycles. The van der Waals surface area contributed by atoms with Crippen LogP contribution in [0.25, 0.3) is 21.5 Å². The first-order valence-electron chi connectivity index (χ1n) is 8.71. The lowest BCUT2D eigenvalue weighted by molar-refractivity contribution is 0.582. The Labute approximate surface area is 134 Å². The summed E-state index contributed by atoms with van der Waals surface area (Å²) in [6.07, 6.45) is 6.70. The topological polar surface area (TPSA) is 0 Å². The molecule has 0 saturated carbocycles. The Bertz CT molecular complexity index is 754. The molecule has 114 valence electrons. The maximum atomic E-state index is 2.38. The van der Waals surface area contributed by atoms with Crippen molar-refractivity contribution in [2.45, 2.75) is 51.9 Å². The fraction of sp³-hybridized carbons (Fsp3) is 0.364. The van der Waals surface area contributed by atoms with Crippen molar-refractivity contribution in [2.24, 2.45) is 0 Å². The van der Waals surface area contributed by atoms with E-state index >= 15 is 0 Å². The first-order chi connectivity index (χ1) is 10.8. The minimum Gasteiger partial charge on any atom is -0.0654 e. The van der Waals surface area contributed by atoms with Gasteiger partial charge in [0.05, 0.1) is 0 Å². The Kier molecular flexibility index (Phi) is 4.77. The zero-order valence-corrected chi connectivity index (χ0v) is 13.8. The molecule has 0 aliphatic heterocycles. The van der Waals surface area contributed by atoms with Gasteiger partial charge in [0, 0.05) is 0 Å². The minimum atomic E-state index is 0.640. The summed E-state index contributed by atoms with van der Waals surface area (Å²) in [5.41, 5.74) is 1.51. The van der Waals surface area contributed by atoms with Crippen molar-refractivity contribution in [3.63, 3.8) is 0 Å². The minimum absolute atomic E-state index is 0.640. The summed E-state index contributed by atoms with van der Waals surface area (Å²) in [5, 5.41) is 5.49.